The summed E-state index contributed by atoms with van der Waals surface area (Å²) in [6.07, 6.45) is -0.777. The van der Waals surface area contributed by atoms with E-state index in [-0.39, 0.29) is 18.1 Å². The van der Waals surface area contributed by atoms with Crippen molar-refractivity contribution in [1.29, 1.82) is 0 Å². The van der Waals surface area contributed by atoms with Crippen LogP contribution in [-0.4, -0.2) is 37.3 Å². The molecule has 2 atom stereocenters. The first-order valence-corrected chi connectivity index (χ1v) is 6.13. The van der Waals surface area contributed by atoms with E-state index in [9.17, 15) is 9.59 Å². The van der Waals surface area contributed by atoms with E-state index in [1.807, 2.05) is 24.3 Å². The molecule has 1 aromatic rings. The number of ether oxygens (including phenoxy) is 2. The van der Waals surface area contributed by atoms with Gasteiger partial charge in [0, 0.05) is 6.92 Å². The number of benzene rings is 1. The van der Waals surface area contributed by atoms with E-state index in [4.69, 9.17) is 9.47 Å². The molecule has 100 valence electrons. The number of rotatable bonds is 2. The van der Waals surface area contributed by atoms with Crippen molar-refractivity contribution >= 4 is 17.7 Å². The van der Waals surface area contributed by atoms with Crippen LogP contribution in [0.25, 0.3) is 0 Å². The number of carbonyl (C=O) groups excluding carboxylic acids is 2. The van der Waals surface area contributed by atoms with Gasteiger partial charge in [-0.2, -0.15) is 0 Å². The van der Waals surface area contributed by atoms with Crippen LogP contribution in [0.4, 0.5) is 10.5 Å². The van der Waals surface area contributed by atoms with Gasteiger partial charge in [-0.25, -0.2) is 4.79 Å². The molecular formula is C13H14N2O4. The topological polar surface area (TPSA) is 67.9 Å². The summed E-state index contributed by atoms with van der Waals surface area (Å²) in [6.45, 7) is 2.10. The summed E-state index contributed by atoms with van der Waals surface area (Å²) in [7, 11) is 0. The van der Waals surface area contributed by atoms with Gasteiger partial charge in [-0.3, -0.25) is 9.69 Å². The average Bonchev–Trinajstić information content (AvgIpc) is 2.73. The Morgan fingerprint density at radius 2 is 2.26 bits per heavy atom. The Balaban J connectivity index is 1.84. The highest BCUT2D eigenvalue weighted by atomic mass is 16.6. The third kappa shape index (κ3) is 1.99. The number of hydrogen-bond acceptors (Lipinski definition) is 4. The Morgan fingerprint density at radius 1 is 1.47 bits per heavy atom. The maximum Gasteiger partial charge on any atom is 0.415 e. The van der Waals surface area contributed by atoms with Crippen LogP contribution < -0.4 is 15.0 Å². The fraction of sp³-hybridized carbons (Fsp3) is 0.385. The van der Waals surface area contributed by atoms with Gasteiger partial charge in [-0.05, 0) is 12.1 Å². The molecule has 0 unspecified atom stereocenters. The van der Waals surface area contributed by atoms with Gasteiger partial charge in [-0.1, -0.05) is 12.1 Å². The zero-order chi connectivity index (χ0) is 13.4. The highest BCUT2D eigenvalue weighted by Gasteiger charge is 2.46. The second-order valence-corrected chi connectivity index (χ2v) is 4.58. The minimum Gasteiger partial charge on any atom is -0.489 e. The SMILES string of the molecule is CC(=O)NC[C@@H]1OC(=O)N2c3ccccc3OC[C@@H]12. The van der Waals surface area contributed by atoms with Crippen LogP contribution in [0.5, 0.6) is 5.75 Å². The Kier molecular flexibility index (Phi) is 2.77. The largest absolute Gasteiger partial charge is 0.489 e. The van der Waals surface area contributed by atoms with Gasteiger partial charge in [-0.15, -0.1) is 0 Å². The molecule has 6 nitrogen and oxygen atoms in total. The maximum absolute atomic E-state index is 12.0. The Labute approximate surface area is 110 Å². The molecule has 2 amide bonds. The lowest BCUT2D eigenvalue weighted by Gasteiger charge is -2.31. The Hall–Kier alpha value is -2.24. The molecular weight excluding hydrogens is 248 g/mol. The highest BCUT2D eigenvalue weighted by Crippen LogP contribution is 2.38. The van der Waals surface area contributed by atoms with Gasteiger partial charge < -0.3 is 14.8 Å². The minimum atomic E-state index is -0.392. The molecule has 2 aliphatic heterocycles. The summed E-state index contributed by atoms with van der Waals surface area (Å²) in [4.78, 5) is 24.5. The lowest BCUT2D eigenvalue weighted by Crippen LogP contribution is -2.47. The van der Waals surface area contributed by atoms with Gasteiger partial charge in [0.25, 0.3) is 0 Å². The Morgan fingerprint density at radius 3 is 3.05 bits per heavy atom. The fourth-order valence-corrected chi connectivity index (χ4v) is 2.40. The molecule has 0 spiro atoms. The fourth-order valence-electron chi connectivity index (χ4n) is 2.40. The van der Waals surface area contributed by atoms with Crippen LogP contribution in [0.1, 0.15) is 6.92 Å². The second-order valence-electron chi connectivity index (χ2n) is 4.58. The molecule has 1 aromatic carbocycles. The predicted molar refractivity (Wildman–Crippen MR) is 67.2 cm³/mol. The molecule has 1 saturated heterocycles. The number of carbonyl (C=O) groups is 2. The van der Waals surface area contributed by atoms with Crippen molar-refractivity contribution in [3.8, 4) is 5.75 Å². The van der Waals surface area contributed by atoms with E-state index in [1.165, 1.54) is 6.92 Å². The van der Waals surface area contributed by atoms with Gasteiger partial charge in [0.05, 0.1) is 12.2 Å². The zero-order valence-corrected chi connectivity index (χ0v) is 10.5. The van der Waals surface area contributed by atoms with Crippen LogP contribution in [0.3, 0.4) is 0 Å². The number of nitrogens with one attached hydrogen (secondary N) is 1. The van der Waals surface area contributed by atoms with Crippen LogP contribution >= 0.6 is 0 Å². The van der Waals surface area contributed by atoms with Gasteiger partial charge in [0.2, 0.25) is 5.91 Å². The molecule has 0 aliphatic carbocycles. The summed E-state index contributed by atoms with van der Waals surface area (Å²) in [5.74, 6) is 0.530. The summed E-state index contributed by atoms with van der Waals surface area (Å²) in [6, 6.07) is 7.15. The van der Waals surface area contributed by atoms with Gasteiger partial charge >= 0.3 is 6.09 Å². The molecule has 1 fully saturated rings. The molecule has 1 N–H and O–H groups in total. The number of cyclic esters (lactones) is 1. The van der Waals surface area contributed by atoms with Crippen LogP contribution in [-0.2, 0) is 9.53 Å². The van der Waals surface area contributed by atoms with Gasteiger partial charge in [0.1, 0.15) is 24.5 Å². The van der Waals surface area contributed by atoms with Gasteiger partial charge in [0.15, 0.2) is 0 Å². The average molecular weight is 262 g/mol. The number of amides is 2. The first-order valence-electron chi connectivity index (χ1n) is 6.13. The summed E-state index contributed by atoms with van der Waals surface area (Å²) >= 11 is 0. The molecule has 6 heteroatoms. The molecule has 0 saturated carbocycles. The standard InChI is InChI=1S/C13H14N2O4/c1-8(16)14-6-12-10-7-18-11-5-3-2-4-9(11)15(10)13(17)19-12/h2-5,10,12H,6-7H2,1H3,(H,14,16)/t10-,12-/m0/s1. The number of anilines is 1. The quantitative estimate of drug-likeness (QED) is 0.860. The van der Waals surface area contributed by atoms with E-state index in [0.717, 1.165) is 0 Å². The first-order chi connectivity index (χ1) is 9.16. The molecule has 0 aromatic heterocycles. The monoisotopic (exact) mass is 262 g/mol. The highest BCUT2D eigenvalue weighted by molar-refractivity contribution is 5.93. The third-order valence-electron chi connectivity index (χ3n) is 3.30. The van der Waals surface area contributed by atoms with E-state index in [1.54, 1.807) is 4.90 Å². The number of nitrogens with zero attached hydrogens (tertiary/aromatic N) is 1. The molecule has 0 bridgehead atoms. The van der Waals surface area contributed by atoms with E-state index >= 15 is 0 Å². The first kappa shape index (κ1) is 11.8. The minimum absolute atomic E-state index is 0.147. The van der Waals surface area contributed by atoms with E-state index in [2.05, 4.69) is 5.32 Å². The van der Waals surface area contributed by atoms with Crippen molar-refractivity contribution in [2.75, 3.05) is 18.1 Å². The molecule has 0 radical (unpaired) electrons. The summed E-state index contributed by atoms with van der Waals surface area (Å²) < 4.78 is 10.9. The lowest BCUT2D eigenvalue weighted by atomic mass is 10.1. The molecule has 2 aliphatic rings. The summed E-state index contributed by atoms with van der Waals surface area (Å²) in [5.41, 5.74) is 0.717. The Bertz CT molecular complexity index is 531. The normalized spacial score (nSPS) is 24.1. The van der Waals surface area contributed by atoms with Crippen molar-refractivity contribution in [2.45, 2.75) is 19.1 Å². The van der Waals surface area contributed by atoms with Crippen molar-refractivity contribution in [1.82, 2.24) is 5.32 Å². The van der Waals surface area contributed by atoms with E-state index in [0.29, 0.717) is 24.6 Å². The number of fused-ring (bicyclic) bond motifs is 3. The second kappa shape index (κ2) is 4.46. The predicted octanol–water partition coefficient (Wildman–Crippen LogP) is 0.909. The third-order valence-corrected chi connectivity index (χ3v) is 3.30. The smallest absolute Gasteiger partial charge is 0.415 e. The van der Waals surface area contributed by atoms with Crippen molar-refractivity contribution < 1.29 is 19.1 Å². The molecule has 2 heterocycles. The van der Waals surface area contributed by atoms with E-state index < -0.39 is 6.09 Å². The van der Waals surface area contributed by atoms with Crippen molar-refractivity contribution in [3.05, 3.63) is 24.3 Å². The molecule has 3 rings (SSSR count). The van der Waals surface area contributed by atoms with Crippen LogP contribution in [0.15, 0.2) is 24.3 Å². The van der Waals surface area contributed by atoms with Crippen molar-refractivity contribution in [2.24, 2.45) is 0 Å². The number of hydrogen-bond donors (Lipinski definition) is 1. The van der Waals surface area contributed by atoms with Crippen molar-refractivity contribution in [3.63, 3.8) is 0 Å². The lowest BCUT2D eigenvalue weighted by molar-refractivity contribution is -0.119. The summed E-state index contributed by atoms with van der Waals surface area (Å²) in [5, 5.41) is 2.67. The zero-order valence-electron chi connectivity index (χ0n) is 10.5. The number of para-hydroxylation sites is 2. The van der Waals surface area contributed by atoms with Crippen LogP contribution in [0.2, 0.25) is 0 Å². The maximum atomic E-state index is 12.0. The van der Waals surface area contributed by atoms with Crippen LogP contribution in [0, 0.1) is 0 Å². The molecule has 19 heavy (non-hydrogen) atoms.